The van der Waals surface area contributed by atoms with Crippen molar-refractivity contribution >= 4 is 16.7 Å². The fourth-order valence-electron chi connectivity index (χ4n) is 2.04. The van der Waals surface area contributed by atoms with Gasteiger partial charge in [-0.3, -0.25) is 4.79 Å². The predicted molar refractivity (Wildman–Crippen MR) is 67.6 cm³/mol. The summed E-state index contributed by atoms with van der Waals surface area (Å²) in [5.41, 5.74) is 7.99. The summed E-state index contributed by atoms with van der Waals surface area (Å²) < 4.78 is 5.26. The quantitative estimate of drug-likeness (QED) is 0.795. The van der Waals surface area contributed by atoms with Crippen LogP contribution in [0.5, 0.6) is 5.75 Å². The van der Waals surface area contributed by atoms with E-state index in [1.165, 1.54) is 0 Å². The van der Waals surface area contributed by atoms with Crippen LogP contribution in [0, 0.1) is 6.92 Å². The molecule has 1 heterocycles. The number of Topliss-reactive ketones (excluding diaryl/α,β-unsaturated/α-hetero) is 1. The number of para-hydroxylation sites is 1. The molecule has 2 rings (SSSR count). The lowest BCUT2D eigenvalue weighted by atomic mass is 10.0. The van der Waals surface area contributed by atoms with E-state index in [1.807, 2.05) is 25.1 Å². The van der Waals surface area contributed by atoms with Crippen LogP contribution < -0.4 is 10.5 Å². The average Bonchev–Trinajstić information content (AvgIpc) is 2.63. The molecular formula is C13H16N2O2. The van der Waals surface area contributed by atoms with Gasteiger partial charge < -0.3 is 15.5 Å². The Morgan fingerprint density at radius 2 is 2.18 bits per heavy atom. The molecule has 0 amide bonds. The number of nitrogens with two attached hydrogens (primary N) is 1. The number of carbonyl (C=O) groups excluding carboxylic acids is 1. The maximum absolute atomic E-state index is 12.1. The van der Waals surface area contributed by atoms with Crippen LogP contribution in [0.3, 0.4) is 0 Å². The van der Waals surface area contributed by atoms with Crippen molar-refractivity contribution in [2.45, 2.75) is 19.9 Å². The third-order valence-electron chi connectivity index (χ3n) is 2.86. The Morgan fingerprint density at radius 1 is 1.47 bits per heavy atom. The first-order valence-electron chi connectivity index (χ1n) is 5.51. The number of fused-ring (bicyclic) bond motifs is 1. The highest BCUT2D eigenvalue weighted by atomic mass is 16.5. The molecule has 3 N–H and O–H groups in total. The Balaban J connectivity index is 2.72. The van der Waals surface area contributed by atoms with Crippen molar-refractivity contribution in [3.63, 3.8) is 0 Å². The van der Waals surface area contributed by atoms with E-state index in [1.54, 1.807) is 14.0 Å². The second kappa shape index (κ2) is 4.22. The molecule has 0 aliphatic rings. The standard InChI is InChI=1S/C13H16N2O2/c1-7(14)13(16)11-8(2)15-12-9(11)5-4-6-10(12)17-3/h4-7,15H,14H2,1-3H3. The molecule has 4 heteroatoms. The van der Waals surface area contributed by atoms with Gasteiger partial charge in [-0.1, -0.05) is 12.1 Å². The Morgan fingerprint density at radius 3 is 2.76 bits per heavy atom. The van der Waals surface area contributed by atoms with Gasteiger partial charge in [-0.2, -0.15) is 0 Å². The number of carbonyl (C=O) groups is 1. The molecule has 1 atom stereocenters. The van der Waals surface area contributed by atoms with Crippen LogP contribution in [0.2, 0.25) is 0 Å². The molecule has 17 heavy (non-hydrogen) atoms. The number of nitrogens with one attached hydrogen (secondary N) is 1. The van der Waals surface area contributed by atoms with Crippen LogP contribution in [0.4, 0.5) is 0 Å². The van der Waals surface area contributed by atoms with Gasteiger partial charge in [-0.25, -0.2) is 0 Å². The summed E-state index contributed by atoms with van der Waals surface area (Å²) in [5.74, 6) is 0.677. The normalized spacial score (nSPS) is 12.7. The molecule has 0 saturated carbocycles. The van der Waals surface area contributed by atoms with Gasteiger partial charge in [0.15, 0.2) is 5.78 Å². The first-order valence-corrected chi connectivity index (χ1v) is 5.51. The number of aryl methyl sites for hydroxylation is 1. The topological polar surface area (TPSA) is 68.1 Å². The fourth-order valence-corrected chi connectivity index (χ4v) is 2.04. The van der Waals surface area contributed by atoms with E-state index in [9.17, 15) is 4.79 Å². The number of ketones is 1. The number of rotatable bonds is 3. The lowest BCUT2D eigenvalue weighted by molar-refractivity contribution is 0.0969. The highest BCUT2D eigenvalue weighted by molar-refractivity contribution is 6.12. The Hall–Kier alpha value is -1.81. The van der Waals surface area contributed by atoms with E-state index in [0.717, 1.165) is 22.3 Å². The van der Waals surface area contributed by atoms with Crippen LogP contribution in [0.1, 0.15) is 23.0 Å². The fraction of sp³-hybridized carbons (Fsp3) is 0.308. The van der Waals surface area contributed by atoms with E-state index >= 15 is 0 Å². The van der Waals surface area contributed by atoms with Crippen molar-refractivity contribution in [1.29, 1.82) is 0 Å². The zero-order valence-electron chi connectivity index (χ0n) is 10.2. The molecule has 0 aliphatic heterocycles. The van der Waals surface area contributed by atoms with Crippen molar-refractivity contribution in [2.75, 3.05) is 7.11 Å². The molecule has 4 nitrogen and oxygen atoms in total. The monoisotopic (exact) mass is 232 g/mol. The van der Waals surface area contributed by atoms with Crippen LogP contribution >= 0.6 is 0 Å². The van der Waals surface area contributed by atoms with Crippen LogP contribution in [-0.2, 0) is 0 Å². The average molecular weight is 232 g/mol. The van der Waals surface area contributed by atoms with Gasteiger partial charge in [0.25, 0.3) is 0 Å². The van der Waals surface area contributed by atoms with Crippen molar-refractivity contribution < 1.29 is 9.53 Å². The minimum Gasteiger partial charge on any atom is -0.495 e. The zero-order valence-corrected chi connectivity index (χ0v) is 10.2. The Kier molecular flexibility index (Phi) is 2.90. The molecule has 0 spiro atoms. The van der Waals surface area contributed by atoms with Crippen LogP contribution in [-0.4, -0.2) is 23.9 Å². The van der Waals surface area contributed by atoms with Gasteiger partial charge in [0.1, 0.15) is 5.75 Å². The number of ether oxygens (including phenoxy) is 1. The third kappa shape index (κ3) is 1.80. The molecule has 2 aromatic rings. The summed E-state index contributed by atoms with van der Waals surface area (Å²) in [7, 11) is 1.61. The summed E-state index contributed by atoms with van der Waals surface area (Å²) in [6, 6.07) is 5.13. The minimum absolute atomic E-state index is 0.0537. The molecule has 0 fully saturated rings. The minimum atomic E-state index is -0.501. The van der Waals surface area contributed by atoms with Crippen molar-refractivity contribution in [3.8, 4) is 5.75 Å². The molecule has 90 valence electrons. The smallest absolute Gasteiger partial charge is 0.181 e. The van der Waals surface area contributed by atoms with Gasteiger partial charge in [-0.05, 0) is 19.9 Å². The van der Waals surface area contributed by atoms with E-state index < -0.39 is 6.04 Å². The van der Waals surface area contributed by atoms with Crippen molar-refractivity contribution in [3.05, 3.63) is 29.5 Å². The lowest BCUT2D eigenvalue weighted by Crippen LogP contribution is -2.27. The molecule has 0 bridgehead atoms. The Labute approximate surface area is 99.8 Å². The van der Waals surface area contributed by atoms with Crippen molar-refractivity contribution in [1.82, 2.24) is 4.98 Å². The van der Waals surface area contributed by atoms with E-state index in [4.69, 9.17) is 10.5 Å². The lowest BCUT2D eigenvalue weighted by Gasteiger charge is -2.04. The summed E-state index contributed by atoms with van der Waals surface area (Å²) in [5, 5.41) is 0.865. The highest BCUT2D eigenvalue weighted by Gasteiger charge is 2.20. The maximum Gasteiger partial charge on any atom is 0.181 e. The molecule has 0 radical (unpaired) electrons. The maximum atomic E-state index is 12.1. The second-order valence-electron chi connectivity index (χ2n) is 4.16. The molecular weight excluding hydrogens is 216 g/mol. The number of aromatic amines is 1. The molecule has 1 aromatic carbocycles. The van der Waals surface area contributed by atoms with Gasteiger partial charge in [0, 0.05) is 16.6 Å². The number of H-pyrrole nitrogens is 1. The number of benzene rings is 1. The van der Waals surface area contributed by atoms with Crippen LogP contribution in [0.15, 0.2) is 18.2 Å². The molecule has 0 aliphatic carbocycles. The van der Waals surface area contributed by atoms with E-state index in [-0.39, 0.29) is 5.78 Å². The number of hydrogen-bond acceptors (Lipinski definition) is 3. The molecule has 1 unspecified atom stereocenters. The largest absolute Gasteiger partial charge is 0.495 e. The second-order valence-corrected chi connectivity index (χ2v) is 4.16. The first-order chi connectivity index (χ1) is 8.06. The van der Waals surface area contributed by atoms with E-state index in [2.05, 4.69) is 4.98 Å². The van der Waals surface area contributed by atoms with Gasteiger partial charge in [0.05, 0.1) is 18.7 Å². The summed E-state index contributed by atoms with van der Waals surface area (Å²) in [4.78, 5) is 15.2. The summed E-state index contributed by atoms with van der Waals surface area (Å²) in [6.45, 7) is 3.57. The summed E-state index contributed by atoms with van der Waals surface area (Å²) in [6.07, 6.45) is 0. The third-order valence-corrected chi connectivity index (χ3v) is 2.86. The highest BCUT2D eigenvalue weighted by Crippen LogP contribution is 2.29. The van der Waals surface area contributed by atoms with E-state index in [0.29, 0.717) is 5.56 Å². The number of aromatic nitrogens is 1. The SMILES string of the molecule is COc1cccc2c(C(=O)C(C)N)c(C)[nH]c12. The summed E-state index contributed by atoms with van der Waals surface area (Å²) >= 11 is 0. The molecule has 1 aromatic heterocycles. The van der Waals surface area contributed by atoms with Crippen molar-refractivity contribution in [2.24, 2.45) is 5.73 Å². The van der Waals surface area contributed by atoms with Gasteiger partial charge >= 0.3 is 0 Å². The molecule has 0 saturated heterocycles. The van der Waals surface area contributed by atoms with Gasteiger partial charge in [-0.15, -0.1) is 0 Å². The zero-order chi connectivity index (χ0) is 12.6. The van der Waals surface area contributed by atoms with Gasteiger partial charge in [0.2, 0.25) is 0 Å². The number of hydrogen-bond donors (Lipinski definition) is 2. The van der Waals surface area contributed by atoms with Crippen LogP contribution in [0.25, 0.3) is 10.9 Å². The number of methoxy groups -OCH3 is 1. The predicted octanol–water partition coefficient (Wildman–Crippen LogP) is 2.01. The first kappa shape index (κ1) is 11.7. The Bertz CT molecular complexity index is 570.